The predicted octanol–water partition coefficient (Wildman–Crippen LogP) is 6.72. The number of carbonyl (C=O) groups excluding carboxylic acids is 3. The Bertz CT molecular complexity index is 1850. The van der Waals surface area contributed by atoms with E-state index in [-0.39, 0.29) is 43.6 Å². The summed E-state index contributed by atoms with van der Waals surface area (Å²) in [6.07, 6.45) is 2.76. The zero-order chi connectivity index (χ0) is 40.7. The molecular formula is C44H58N6O6. The lowest BCUT2D eigenvalue weighted by atomic mass is 10.0. The van der Waals surface area contributed by atoms with Gasteiger partial charge in [0.2, 0.25) is 11.8 Å². The molecule has 4 amide bonds. The third-order valence-corrected chi connectivity index (χ3v) is 8.90. The fourth-order valence-corrected chi connectivity index (χ4v) is 6.30. The number of fused-ring (bicyclic) bond motifs is 1. The first kappa shape index (κ1) is 43.4. The summed E-state index contributed by atoms with van der Waals surface area (Å²) in [7, 11) is 0. The molecule has 0 unspecified atom stereocenters. The Balaban J connectivity index is 1.64. The van der Waals surface area contributed by atoms with Gasteiger partial charge in [0.1, 0.15) is 17.4 Å². The van der Waals surface area contributed by atoms with Crippen LogP contribution in [0.2, 0.25) is 0 Å². The Labute approximate surface area is 331 Å². The molecule has 4 rings (SSSR count). The zero-order valence-electron chi connectivity index (χ0n) is 33.8. The van der Waals surface area contributed by atoms with Crippen LogP contribution < -0.4 is 20.8 Å². The van der Waals surface area contributed by atoms with Gasteiger partial charge >= 0.3 is 6.03 Å². The number of aromatic nitrogens is 1. The summed E-state index contributed by atoms with van der Waals surface area (Å²) in [4.78, 5) is 48.3. The number of ether oxygens (including phenoxy) is 3. The summed E-state index contributed by atoms with van der Waals surface area (Å²) >= 11 is 0. The summed E-state index contributed by atoms with van der Waals surface area (Å²) < 4.78 is 18.1. The molecule has 0 aliphatic heterocycles. The largest absolute Gasteiger partial charge is 0.488 e. The molecule has 12 heteroatoms. The van der Waals surface area contributed by atoms with Gasteiger partial charge in [-0.15, -0.1) is 6.58 Å². The minimum atomic E-state index is -1.01. The Morgan fingerprint density at radius 3 is 2.20 bits per heavy atom. The van der Waals surface area contributed by atoms with Crippen molar-refractivity contribution in [1.29, 1.82) is 0 Å². The standard InChI is InChI=1S/C44H58N6O6/c1-9-27-49(48-43(53)46-31(4)34-17-13-12-14-18-34)30-39(51)47-38(28-33-22-24-37(25-23-33)56-44(6,7)8)41(52)50(32(5)42(54-10-2)55-11-3)29-36-20-15-19-35-21-16-26-45-40(35)36/h9,12-26,31-32,38,42H,1,10-11,27-30H2,2-8H3,(H,47,51)(H2,46,48,53)/t31-,32-,38-/m0/s1. The molecule has 0 fully saturated rings. The van der Waals surface area contributed by atoms with Crippen LogP contribution in [-0.2, 0) is 32.0 Å². The second kappa shape index (κ2) is 21.1. The van der Waals surface area contributed by atoms with Gasteiger partial charge in [-0.1, -0.05) is 72.8 Å². The molecule has 0 saturated carbocycles. The predicted molar refractivity (Wildman–Crippen MR) is 220 cm³/mol. The minimum absolute atomic E-state index is 0.176. The van der Waals surface area contributed by atoms with E-state index in [2.05, 4.69) is 27.6 Å². The lowest BCUT2D eigenvalue weighted by Gasteiger charge is -2.37. The van der Waals surface area contributed by atoms with Gasteiger partial charge < -0.3 is 29.7 Å². The second-order valence-corrected chi connectivity index (χ2v) is 14.5. The number of benzene rings is 3. The molecule has 1 aromatic heterocycles. The van der Waals surface area contributed by atoms with Gasteiger partial charge in [0, 0.05) is 44.3 Å². The molecule has 4 aromatic rings. The van der Waals surface area contributed by atoms with E-state index in [4.69, 9.17) is 14.2 Å². The first-order valence-corrected chi connectivity index (χ1v) is 19.2. The van der Waals surface area contributed by atoms with E-state index in [0.717, 1.165) is 27.6 Å². The quantitative estimate of drug-likeness (QED) is 0.0513. The van der Waals surface area contributed by atoms with Crippen LogP contribution in [-0.4, -0.2) is 83.0 Å². The Kier molecular flexibility index (Phi) is 16.4. The van der Waals surface area contributed by atoms with Crippen LogP contribution in [0.5, 0.6) is 5.75 Å². The van der Waals surface area contributed by atoms with Gasteiger partial charge in [0.15, 0.2) is 6.29 Å². The molecule has 0 saturated heterocycles. The molecule has 0 aliphatic carbocycles. The molecule has 1 heterocycles. The highest BCUT2D eigenvalue weighted by atomic mass is 16.7. The van der Waals surface area contributed by atoms with Crippen LogP contribution in [0, 0.1) is 0 Å². The fourth-order valence-electron chi connectivity index (χ4n) is 6.30. The van der Waals surface area contributed by atoms with Crippen molar-refractivity contribution in [3.63, 3.8) is 0 Å². The summed E-state index contributed by atoms with van der Waals surface area (Å²) in [5.41, 5.74) is 5.72. The van der Waals surface area contributed by atoms with E-state index in [9.17, 15) is 9.59 Å². The maximum atomic E-state index is 15.0. The summed E-state index contributed by atoms with van der Waals surface area (Å²) in [6.45, 7) is 18.1. The SMILES string of the molecule is C=CCN(CC(=O)N[C@@H](Cc1ccc(OC(C)(C)C)cc1)C(=O)N(Cc1cccc2cccnc12)[C@@H](C)C(OCC)OCC)NC(=O)N[C@@H](C)c1ccccc1. The third-order valence-electron chi connectivity index (χ3n) is 8.90. The van der Waals surface area contributed by atoms with Gasteiger partial charge in [-0.05, 0) is 83.4 Å². The number of hydrogen-bond donors (Lipinski definition) is 3. The van der Waals surface area contributed by atoms with Crippen molar-refractivity contribution in [2.45, 2.75) is 91.4 Å². The Hall–Kier alpha value is -5.30. The number of rotatable bonds is 20. The van der Waals surface area contributed by atoms with Crippen molar-refractivity contribution in [2.24, 2.45) is 0 Å². The number of urea groups is 1. The van der Waals surface area contributed by atoms with Crippen molar-refractivity contribution >= 4 is 28.7 Å². The topological polar surface area (TPSA) is 134 Å². The number of carbonyl (C=O) groups is 3. The number of hydrazine groups is 1. The lowest BCUT2D eigenvalue weighted by molar-refractivity contribution is -0.179. The molecule has 12 nitrogen and oxygen atoms in total. The highest BCUT2D eigenvalue weighted by molar-refractivity contribution is 5.89. The molecule has 0 radical (unpaired) electrons. The molecule has 3 aromatic carbocycles. The van der Waals surface area contributed by atoms with Crippen LogP contribution >= 0.6 is 0 Å². The molecule has 0 spiro atoms. The van der Waals surface area contributed by atoms with Gasteiger partial charge in [-0.2, -0.15) is 0 Å². The fraction of sp³-hybridized carbons (Fsp3) is 0.409. The van der Waals surface area contributed by atoms with Gasteiger partial charge in [-0.25, -0.2) is 9.80 Å². The first-order chi connectivity index (χ1) is 26.8. The molecule has 56 heavy (non-hydrogen) atoms. The van der Waals surface area contributed by atoms with Crippen LogP contribution in [0.15, 0.2) is 104 Å². The average molecular weight is 767 g/mol. The van der Waals surface area contributed by atoms with E-state index in [0.29, 0.717) is 19.0 Å². The number of nitrogens with one attached hydrogen (secondary N) is 3. The van der Waals surface area contributed by atoms with E-state index < -0.39 is 30.3 Å². The number of hydrogen-bond acceptors (Lipinski definition) is 8. The molecule has 300 valence electrons. The maximum absolute atomic E-state index is 15.0. The van der Waals surface area contributed by atoms with Gasteiger partial charge in [-0.3, -0.25) is 20.0 Å². The van der Waals surface area contributed by atoms with E-state index >= 15 is 4.79 Å². The molecular weight excluding hydrogens is 709 g/mol. The van der Waals surface area contributed by atoms with Crippen molar-refractivity contribution in [1.82, 2.24) is 31.0 Å². The van der Waals surface area contributed by atoms with Crippen molar-refractivity contribution in [3.05, 3.63) is 120 Å². The highest BCUT2D eigenvalue weighted by Gasteiger charge is 2.34. The Morgan fingerprint density at radius 1 is 0.875 bits per heavy atom. The monoisotopic (exact) mass is 766 g/mol. The van der Waals surface area contributed by atoms with Crippen molar-refractivity contribution in [3.8, 4) is 5.75 Å². The zero-order valence-corrected chi connectivity index (χ0v) is 33.8. The normalized spacial score (nSPS) is 13.2. The first-order valence-electron chi connectivity index (χ1n) is 19.2. The van der Waals surface area contributed by atoms with Crippen LogP contribution in [0.25, 0.3) is 10.9 Å². The number of para-hydroxylation sites is 1. The number of amides is 4. The lowest BCUT2D eigenvalue weighted by Crippen LogP contribution is -2.57. The van der Waals surface area contributed by atoms with Gasteiger partial charge in [0.25, 0.3) is 0 Å². The molecule has 0 bridgehead atoms. The van der Waals surface area contributed by atoms with Crippen LogP contribution in [0.1, 0.15) is 71.2 Å². The number of pyridine rings is 1. The van der Waals surface area contributed by atoms with Crippen LogP contribution in [0.3, 0.4) is 0 Å². The molecule has 0 aliphatic rings. The smallest absolute Gasteiger partial charge is 0.329 e. The van der Waals surface area contributed by atoms with Crippen molar-refractivity contribution in [2.75, 3.05) is 26.3 Å². The number of nitrogens with zero attached hydrogens (tertiary/aromatic N) is 3. The summed E-state index contributed by atoms with van der Waals surface area (Å²) in [5, 5.41) is 8.29. The molecule has 3 N–H and O–H groups in total. The van der Waals surface area contributed by atoms with Gasteiger partial charge in [0.05, 0.1) is 24.1 Å². The Morgan fingerprint density at radius 2 is 1.55 bits per heavy atom. The highest BCUT2D eigenvalue weighted by Crippen LogP contribution is 2.24. The summed E-state index contributed by atoms with van der Waals surface area (Å²) in [6, 6.07) is 24.5. The van der Waals surface area contributed by atoms with Crippen molar-refractivity contribution < 1.29 is 28.6 Å². The third kappa shape index (κ3) is 13.2. The van der Waals surface area contributed by atoms with Crippen LogP contribution in [0.4, 0.5) is 4.79 Å². The summed E-state index contributed by atoms with van der Waals surface area (Å²) in [5.74, 6) is -0.120. The molecule has 3 atom stereocenters. The van der Waals surface area contributed by atoms with E-state index in [1.165, 1.54) is 5.01 Å². The minimum Gasteiger partial charge on any atom is -0.488 e. The second-order valence-electron chi connectivity index (χ2n) is 14.5. The average Bonchev–Trinajstić information content (AvgIpc) is 3.16. The van der Waals surface area contributed by atoms with E-state index in [1.54, 1.807) is 17.2 Å². The van der Waals surface area contributed by atoms with E-state index in [1.807, 2.05) is 133 Å². The maximum Gasteiger partial charge on any atom is 0.329 e.